The van der Waals surface area contributed by atoms with Crippen LogP contribution in [-0.2, 0) is 24.2 Å². The molecule has 3 N–H and O–H groups in total. The van der Waals surface area contributed by atoms with Gasteiger partial charge in [0.05, 0.1) is 6.20 Å². The molecule has 1 aliphatic heterocycles. The second-order valence-electron chi connectivity index (χ2n) is 11.9. The number of H-pyrrole nitrogens is 1. The van der Waals surface area contributed by atoms with Gasteiger partial charge in [0.2, 0.25) is 5.88 Å². The number of ether oxygens (including phenoxy) is 2. The zero-order valence-corrected chi connectivity index (χ0v) is 25.7. The van der Waals surface area contributed by atoms with E-state index >= 15 is 0 Å². The lowest BCUT2D eigenvalue weighted by atomic mass is 9.85. The summed E-state index contributed by atoms with van der Waals surface area (Å²) in [7, 11) is 0. The first kappa shape index (κ1) is 30.4. The van der Waals surface area contributed by atoms with Crippen LogP contribution in [0.2, 0.25) is 0 Å². The van der Waals surface area contributed by atoms with Crippen LogP contribution in [0.3, 0.4) is 0 Å². The topological polar surface area (TPSA) is 125 Å². The Morgan fingerprint density at radius 3 is 2.62 bits per heavy atom. The monoisotopic (exact) mass is 609 g/mol. The van der Waals surface area contributed by atoms with Crippen LogP contribution in [0.15, 0.2) is 66.9 Å². The van der Waals surface area contributed by atoms with Crippen molar-refractivity contribution in [3.05, 3.63) is 100 Å². The number of hydrogen-bond acceptors (Lipinski definition) is 6. The molecule has 6 rings (SSSR count). The van der Waals surface area contributed by atoms with Gasteiger partial charge in [-0.3, -0.25) is 4.79 Å². The molecule has 2 atom stereocenters. The molecule has 1 aromatic heterocycles. The van der Waals surface area contributed by atoms with Crippen molar-refractivity contribution < 1.29 is 29.3 Å². The Hall–Kier alpha value is -4.63. The number of aromatic carboxylic acids is 1. The summed E-state index contributed by atoms with van der Waals surface area (Å²) in [5, 5.41) is 25.4. The van der Waals surface area contributed by atoms with Crippen molar-refractivity contribution in [2.45, 2.75) is 70.7 Å². The van der Waals surface area contributed by atoms with Gasteiger partial charge in [-0.25, -0.2) is 9.89 Å². The summed E-state index contributed by atoms with van der Waals surface area (Å²) in [5.41, 5.74) is 8.17. The summed E-state index contributed by atoms with van der Waals surface area (Å²) in [6.45, 7) is 5.23. The minimum absolute atomic E-state index is 0.000810. The number of aromatic amines is 1. The van der Waals surface area contributed by atoms with Crippen LogP contribution in [0.25, 0.3) is 11.1 Å². The molecule has 9 nitrogen and oxygen atoms in total. The highest BCUT2D eigenvalue weighted by Crippen LogP contribution is 2.42. The number of aliphatic hydroxyl groups is 1. The van der Waals surface area contributed by atoms with Gasteiger partial charge in [-0.15, -0.1) is 0 Å². The minimum atomic E-state index is -1.09. The van der Waals surface area contributed by atoms with Crippen molar-refractivity contribution in [1.29, 1.82) is 0 Å². The number of amides is 1. The van der Waals surface area contributed by atoms with Gasteiger partial charge in [-0.2, -0.15) is 5.10 Å². The molecular formula is C36H39N3O6. The molecule has 1 aliphatic carbocycles. The van der Waals surface area contributed by atoms with Crippen molar-refractivity contribution in [1.82, 2.24) is 15.1 Å². The van der Waals surface area contributed by atoms with E-state index in [0.29, 0.717) is 19.0 Å². The van der Waals surface area contributed by atoms with Crippen molar-refractivity contribution in [2.75, 3.05) is 13.1 Å². The number of fused-ring (bicyclic) bond motifs is 1. The molecule has 1 amide bonds. The number of piperidine rings is 1. The predicted molar refractivity (Wildman–Crippen MR) is 170 cm³/mol. The van der Waals surface area contributed by atoms with E-state index in [0.717, 1.165) is 54.5 Å². The van der Waals surface area contributed by atoms with Crippen LogP contribution < -0.4 is 9.47 Å². The van der Waals surface area contributed by atoms with Gasteiger partial charge < -0.3 is 24.6 Å². The highest BCUT2D eigenvalue weighted by Gasteiger charge is 2.29. The van der Waals surface area contributed by atoms with E-state index in [2.05, 4.69) is 65.7 Å². The fourth-order valence-electron chi connectivity index (χ4n) is 6.73. The van der Waals surface area contributed by atoms with Gasteiger partial charge in [0.1, 0.15) is 30.1 Å². The minimum Gasteiger partial charge on any atom is -0.486 e. The molecule has 0 bridgehead atoms. The molecule has 3 aromatic carbocycles. The Balaban J connectivity index is 1.18. The second-order valence-corrected chi connectivity index (χ2v) is 11.9. The number of carbonyl (C=O) groups excluding carboxylic acids is 1. The Bertz CT molecular complexity index is 1690. The van der Waals surface area contributed by atoms with E-state index in [1.165, 1.54) is 35.4 Å². The van der Waals surface area contributed by atoms with Crippen LogP contribution in [0, 0.1) is 0 Å². The molecule has 0 saturated carbocycles. The summed E-state index contributed by atoms with van der Waals surface area (Å²) >= 11 is 0. The third kappa shape index (κ3) is 6.44. The van der Waals surface area contributed by atoms with Crippen LogP contribution in [-0.4, -0.2) is 56.4 Å². The lowest BCUT2D eigenvalue weighted by Crippen LogP contribution is -2.42. The van der Waals surface area contributed by atoms with Crippen molar-refractivity contribution >= 4 is 11.9 Å². The SMILES string of the molecule is CCc1cc(O[C@H]2CCc3cccc(-c4cccc(COc5[nH]ncc5C(=O)O)c4)c32)ccc1C1CCN(C(=O)[C@H](C)O)CC1. The molecule has 0 unspecified atom stereocenters. The molecule has 1 fully saturated rings. The molecule has 2 aliphatic rings. The number of carbonyl (C=O) groups is 2. The zero-order chi connectivity index (χ0) is 31.5. The van der Waals surface area contributed by atoms with Gasteiger partial charge in [0.15, 0.2) is 0 Å². The molecule has 1 saturated heterocycles. The Morgan fingerprint density at radius 2 is 1.87 bits per heavy atom. The Kier molecular flexibility index (Phi) is 8.89. The Morgan fingerprint density at radius 1 is 1.07 bits per heavy atom. The number of carboxylic acid groups (broad SMARTS) is 1. The predicted octanol–water partition coefficient (Wildman–Crippen LogP) is 6.07. The molecule has 0 spiro atoms. The largest absolute Gasteiger partial charge is 0.486 e. The molecule has 9 heteroatoms. The van der Waals surface area contributed by atoms with E-state index in [-0.39, 0.29) is 30.1 Å². The van der Waals surface area contributed by atoms with Gasteiger partial charge >= 0.3 is 5.97 Å². The third-order valence-corrected chi connectivity index (χ3v) is 9.03. The quantitative estimate of drug-likeness (QED) is 0.199. The lowest BCUT2D eigenvalue weighted by molar-refractivity contribution is -0.140. The average Bonchev–Trinajstić information content (AvgIpc) is 3.71. The van der Waals surface area contributed by atoms with Gasteiger partial charge in [-0.05, 0) is 96.5 Å². The third-order valence-electron chi connectivity index (χ3n) is 9.03. The molecule has 234 valence electrons. The smallest absolute Gasteiger partial charge is 0.342 e. The number of nitrogens with zero attached hydrogens (tertiary/aromatic N) is 2. The first-order valence-corrected chi connectivity index (χ1v) is 15.7. The summed E-state index contributed by atoms with van der Waals surface area (Å²) in [6, 6.07) is 21.0. The van der Waals surface area contributed by atoms with Gasteiger partial charge in [0, 0.05) is 18.7 Å². The molecule has 45 heavy (non-hydrogen) atoms. The van der Waals surface area contributed by atoms with Crippen molar-refractivity contribution in [2.24, 2.45) is 0 Å². The Labute approximate surface area is 262 Å². The first-order chi connectivity index (χ1) is 21.8. The summed E-state index contributed by atoms with van der Waals surface area (Å²) < 4.78 is 12.5. The number of nitrogens with one attached hydrogen (secondary N) is 1. The van der Waals surface area contributed by atoms with Crippen LogP contribution in [0.4, 0.5) is 0 Å². The normalized spacial score (nSPS) is 17.1. The highest BCUT2D eigenvalue weighted by atomic mass is 16.5. The standard InChI is InChI=1S/C36H39N3O6/c1-3-24-19-28(11-12-29(24)25-14-16-39(17-15-25)35(41)22(2)40)45-32-13-10-26-7-5-9-30(33(26)32)27-8-4-6-23(18-27)21-44-34-31(36(42)43)20-37-38-34/h4-9,11-12,18-20,22,25,32,40H,3,10,13-17,21H2,1-2H3,(H,37,38)(H,42,43)/t22-,32-/m0/s1. The molecule has 0 radical (unpaired) electrons. The maximum atomic E-state index is 12.2. The van der Waals surface area contributed by atoms with E-state index < -0.39 is 12.1 Å². The fourth-order valence-corrected chi connectivity index (χ4v) is 6.73. The van der Waals surface area contributed by atoms with E-state index in [9.17, 15) is 19.8 Å². The second kappa shape index (κ2) is 13.2. The molecule has 4 aromatic rings. The fraction of sp³-hybridized carbons (Fsp3) is 0.361. The summed E-state index contributed by atoms with van der Waals surface area (Å²) in [6.07, 6.45) is 4.71. The maximum absolute atomic E-state index is 12.2. The summed E-state index contributed by atoms with van der Waals surface area (Å²) in [5.74, 6) is 0.0991. The van der Waals surface area contributed by atoms with Crippen molar-refractivity contribution in [3.63, 3.8) is 0 Å². The number of aliphatic hydroxyl groups excluding tert-OH is 1. The summed E-state index contributed by atoms with van der Waals surface area (Å²) in [4.78, 5) is 25.4. The average molecular weight is 610 g/mol. The van der Waals surface area contributed by atoms with E-state index in [1.807, 2.05) is 12.1 Å². The number of likely N-dealkylation sites (tertiary alicyclic amines) is 1. The number of carboxylic acids is 1. The van der Waals surface area contributed by atoms with E-state index in [4.69, 9.17) is 9.47 Å². The number of benzene rings is 3. The number of rotatable bonds is 10. The van der Waals surface area contributed by atoms with Crippen LogP contribution in [0.1, 0.15) is 83.3 Å². The van der Waals surface area contributed by atoms with Gasteiger partial charge in [0.25, 0.3) is 5.91 Å². The molecule has 2 heterocycles. The number of hydrogen-bond donors (Lipinski definition) is 3. The molecular weight excluding hydrogens is 570 g/mol. The number of aryl methyl sites for hydroxylation is 2. The zero-order valence-electron chi connectivity index (χ0n) is 25.7. The highest BCUT2D eigenvalue weighted by molar-refractivity contribution is 5.89. The lowest BCUT2D eigenvalue weighted by Gasteiger charge is -2.33. The van der Waals surface area contributed by atoms with Gasteiger partial charge in [-0.1, -0.05) is 49.4 Å². The maximum Gasteiger partial charge on any atom is 0.342 e. The van der Waals surface area contributed by atoms with Crippen LogP contribution >= 0.6 is 0 Å². The van der Waals surface area contributed by atoms with Crippen LogP contribution in [0.5, 0.6) is 11.6 Å². The van der Waals surface area contributed by atoms with E-state index in [1.54, 1.807) is 4.90 Å². The van der Waals surface area contributed by atoms with Crippen molar-refractivity contribution in [3.8, 4) is 22.8 Å². The number of aromatic nitrogens is 2. The first-order valence-electron chi connectivity index (χ1n) is 15.7.